The minimum Gasteiger partial charge on any atom is -0.311 e. The van der Waals surface area contributed by atoms with Crippen molar-refractivity contribution in [3.63, 3.8) is 0 Å². The number of hydrogen-bond donors (Lipinski definition) is 1. The van der Waals surface area contributed by atoms with E-state index in [0.717, 1.165) is 31.1 Å². The van der Waals surface area contributed by atoms with E-state index in [9.17, 15) is 13.2 Å². The molecular weight excluding hydrogens is 265 g/mol. The van der Waals surface area contributed by atoms with E-state index >= 15 is 0 Å². The number of nitrogens with zero attached hydrogens (tertiary/aromatic N) is 1. The summed E-state index contributed by atoms with van der Waals surface area (Å²) < 4.78 is 38.1. The molecule has 1 N–H and O–H groups in total. The number of alkyl halides is 3. The van der Waals surface area contributed by atoms with Crippen LogP contribution in [0.2, 0.25) is 0 Å². The molecule has 0 aromatic heterocycles. The molecule has 1 aliphatic heterocycles. The Kier molecular flexibility index (Phi) is 4.70. The van der Waals surface area contributed by atoms with E-state index in [0.29, 0.717) is 18.6 Å². The molecule has 0 saturated carbocycles. The van der Waals surface area contributed by atoms with Gasteiger partial charge in [-0.3, -0.25) is 4.90 Å². The van der Waals surface area contributed by atoms with Crippen molar-refractivity contribution in [2.45, 2.75) is 45.1 Å². The number of piperazine rings is 1. The Bertz CT molecular complexity index is 445. The van der Waals surface area contributed by atoms with E-state index in [4.69, 9.17) is 0 Å². The Morgan fingerprint density at radius 3 is 2.75 bits per heavy atom. The fourth-order valence-corrected chi connectivity index (χ4v) is 2.57. The lowest BCUT2D eigenvalue weighted by atomic mass is 10.1. The van der Waals surface area contributed by atoms with Crippen molar-refractivity contribution in [1.82, 2.24) is 10.2 Å². The van der Waals surface area contributed by atoms with Crippen LogP contribution in [0.4, 0.5) is 13.2 Å². The molecule has 2 rings (SSSR count). The summed E-state index contributed by atoms with van der Waals surface area (Å²) in [6.07, 6.45) is -3.23. The number of rotatable bonds is 3. The topological polar surface area (TPSA) is 15.3 Å². The standard InChI is InChI=1S/C15H21F3N2/c1-3-14-10-20(11(2)8-19-14)9-12-5-4-6-13(7-12)15(16,17)18/h4-7,11,14,19H,3,8-10H2,1-2H3. The molecular formula is C15H21F3N2. The molecule has 1 aliphatic rings. The van der Waals surface area contributed by atoms with E-state index in [-0.39, 0.29) is 0 Å². The Balaban J connectivity index is 2.09. The van der Waals surface area contributed by atoms with Crippen LogP contribution < -0.4 is 5.32 Å². The molecule has 20 heavy (non-hydrogen) atoms. The van der Waals surface area contributed by atoms with Crippen LogP contribution in [0.15, 0.2) is 24.3 Å². The molecule has 1 fully saturated rings. The zero-order valence-electron chi connectivity index (χ0n) is 11.9. The first-order valence-electron chi connectivity index (χ1n) is 7.03. The molecule has 2 atom stereocenters. The van der Waals surface area contributed by atoms with Gasteiger partial charge in [-0.25, -0.2) is 0 Å². The average Bonchev–Trinajstić information content (AvgIpc) is 2.41. The van der Waals surface area contributed by atoms with Gasteiger partial charge in [0.25, 0.3) is 0 Å². The van der Waals surface area contributed by atoms with Crippen molar-refractivity contribution in [2.24, 2.45) is 0 Å². The fourth-order valence-electron chi connectivity index (χ4n) is 2.57. The molecule has 2 unspecified atom stereocenters. The minimum absolute atomic E-state index is 0.340. The zero-order valence-corrected chi connectivity index (χ0v) is 11.9. The molecule has 1 saturated heterocycles. The van der Waals surface area contributed by atoms with Crippen LogP contribution in [0.1, 0.15) is 31.4 Å². The SMILES string of the molecule is CCC1CN(Cc2cccc(C(F)(F)F)c2)C(C)CN1. The van der Waals surface area contributed by atoms with Gasteiger partial charge in [0.2, 0.25) is 0 Å². The molecule has 5 heteroatoms. The van der Waals surface area contributed by atoms with Crippen LogP contribution in [-0.2, 0) is 12.7 Å². The Labute approximate surface area is 118 Å². The predicted octanol–water partition coefficient (Wildman–Crippen LogP) is 3.28. The average molecular weight is 286 g/mol. The predicted molar refractivity (Wildman–Crippen MR) is 73.4 cm³/mol. The van der Waals surface area contributed by atoms with E-state index in [1.54, 1.807) is 6.07 Å². The summed E-state index contributed by atoms with van der Waals surface area (Å²) in [5.74, 6) is 0. The quantitative estimate of drug-likeness (QED) is 0.917. The molecule has 0 amide bonds. The van der Waals surface area contributed by atoms with E-state index in [2.05, 4.69) is 24.1 Å². The van der Waals surface area contributed by atoms with Gasteiger partial charge in [0, 0.05) is 31.7 Å². The van der Waals surface area contributed by atoms with Crippen LogP contribution in [-0.4, -0.2) is 30.1 Å². The zero-order chi connectivity index (χ0) is 14.8. The summed E-state index contributed by atoms with van der Waals surface area (Å²) in [4.78, 5) is 2.25. The van der Waals surface area contributed by atoms with Crippen molar-refractivity contribution in [3.8, 4) is 0 Å². The van der Waals surface area contributed by atoms with Crippen molar-refractivity contribution < 1.29 is 13.2 Å². The van der Waals surface area contributed by atoms with Gasteiger partial charge >= 0.3 is 6.18 Å². The van der Waals surface area contributed by atoms with Gasteiger partial charge in [-0.15, -0.1) is 0 Å². The minimum atomic E-state index is -4.27. The lowest BCUT2D eigenvalue weighted by Crippen LogP contribution is -2.54. The van der Waals surface area contributed by atoms with Crippen LogP contribution in [0.3, 0.4) is 0 Å². The third-order valence-electron chi connectivity index (χ3n) is 3.91. The highest BCUT2D eigenvalue weighted by molar-refractivity contribution is 5.25. The molecule has 2 nitrogen and oxygen atoms in total. The van der Waals surface area contributed by atoms with Crippen molar-refractivity contribution in [2.75, 3.05) is 13.1 Å². The van der Waals surface area contributed by atoms with Gasteiger partial charge < -0.3 is 5.32 Å². The molecule has 112 valence electrons. The van der Waals surface area contributed by atoms with Crippen LogP contribution in [0, 0.1) is 0 Å². The summed E-state index contributed by atoms with van der Waals surface area (Å²) in [7, 11) is 0. The molecule has 0 radical (unpaired) electrons. The highest BCUT2D eigenvalue weighted by atomic mass is 19.4. The van der Waals surface area contributed by atoms with E-state index < -0.39 is 11.7 Å². The van der Waals surface area contributed by atoms with Gasteiger partial charge in [0.05, 0.1) is 5.56 Å². The largest absolute Gasteiger partial charge is 0.416 e. The van der Waals surface area contributed by atoms with E-state index in [1.165, 1.54) is 12.1 Å². The number of halogens is 3. The normalized spacial score (nSPS) is 24.9. The third kappa shape index (κ3) is 3.73. The maximum Gasteiger partial charge on any atom is 0.416 e. The second kappa shape index (κ2) is 6.14. The molecule has 1 aromatic carbocycles. The van der Waals surface area contributed by atoms with Gasteiger partial charge in [-0.1, -0.05) is 25.1 Å². The van der Waals surface area contributed by atoms with Crippen molar-refractivity contribution >= 4 is 0 Å². The molecule has 1 aromatic rings. The van der Waals surface area contributed by atoms with Crippen LogP contribution >= 0.6 is 0 Å². The summed E-state index contributed by atoms with van der Waals surface area (Å²) in [6.45, 7) is 6.57. The smallest absolute Gasteiger partial charge is 0.311 e. The Morgan fingerprint density at radius 1 is 1.35 bits per heavy atom. The number of benzene rings is 1. The van der Waals surface area contributed by atoms with Crippen LogP contribution in [0.5, 0.6) is 0 Å². The summed E-state index contributed by atoms with van der Waals surface area (Å²) >= 11 is 0. The monoisotopic (exact) mass is 286 g/mol. The second-order valence-electron chi connectivity index (χ2n) is 5.49. The molecule has 0 aliphatic carbocycles. The fraction of sp³-hybridized carbons (Fsp3) is 0.600. The first-order valence-corrected chi connectivity index (χ1v) is 7.03. The summed E-state index contributed by atoms with van der Waals surface area (Å²) in [5.41, 5.74) is 0.160. The lowest BCUT2D eigenvalue weighted by molar-refractivity contribution is -0.137. The van der Waals surface area contributed by atoms with Gasteiger partial charge in [-0.2, -0.15) is 13.2 Å². The molecule has 0 bridgehead atoms. The van der Waals surface area contributed by atoms with Gasteiger partial charge in [-0.05, 0) is 25.0 Å². The second-order valence-corrected chi connectivity index (χ2v) is 5.49. The van der Waals surface area contributed by atoms with Gasteiger partial charge in [0.1, 0.15) is 0 Å². The maximum absolute atomic E-state index is 12.7. The third-order valence-corrected chi connectivity index (χ3v) is 3.91. The summed E-state index contributed by atoms with van der Waals surface area (Å²) in [5, 5.41) is 3.45. The summed E-state index contributed by atoms with van der Waals surface area (Å²) in [6, 6.07) is 6.41. The maximum atomic E-state index is 12.7. The molecule has 0 spiro atoms. The van der Waals surface area contributed by atoms with Crippen molar-refractivity contribution in [3.05, 3.63) is 35.4 Å². The first kappa shape index (κ1) is 15.3. The van der Waals surface area contributed by atoms with Gasteiger partial charge in [0.15, 0.2) is 0 Å². The molecule has 1 heterocycles. The van der Waals surface area contributed by atoms with E-state index in [1.807, 2.05) is 0 Å². The highest BCUT2D eigenvalue weighted by Gasteiger charge is 2.31. The Hall–Kier alpha value is -1.07. The number of nitrogens with one attached hydrogen (secondary N) is 1. The van der Waals surface area contributed by atoms with Crippen molar-refractivity contribution in [1.29, 1.82) is 0 Å². The first-order chi connectivity index (χ1) is 9.40. The highest BCUT2D eigenvalue weighted by Crippen LogP contribution is 2.30. The van der Waals surface area contributed by atoms with Crippen LogP contribution in [0.25, 0.3) is 0 Å². The Morgan fingerprint density at radius 2 is 2.10 bits per heavy atom. The lowest BCUT2D eigenvalue weighted by Gasteiger charge is -2.38. The number of hydrogen-bond acceptors (Lipinski definition) is 2.